The van der Waals surface area contributed by atoms with Gasteiger partial charge in [0.1, 0.15) is 0 Å². The second-order valence-corrected chi connectivity index (χ2v) is 7.45. The molecule has 0 fully saturated rings. The first-order valence-corrected chi connectivity index (χ1v) is 9.25. The third kappa shape index (κ3) is 5.58. The summed E-state index contributed by atoms with van der Waals surface area (Å²) in [6, 6.07) is 8.50. The van der Waals surface area contributed by atoms with Gasteiger partial charge in [-0.15, -0.1) is 0 Å². The Bertz CT molecular complexity index is 869. The molecule has 0 heterocycles. The van der Waals surface area contributed by atoms with Crippen LogP contribution in [0.5, 0.6) is 17.2 Å². The Hall–Kier alpha value is -2.90. The highest BCUT2D eigenvalue weighted by Gasteiger charge is 2.32. The maximum Gasteiger partial charge on any atom is 0.416 e. The van der Waals surface area contributed by atoms with E-state index in [0.717, 1.165) is 12.1 Å². The van der Waals surface area contributed by atoms with Crippen molar-refractivity contribution in [2.45, 2.75) is 31.9 Å². The molecule has 2 aromatic rings. The third-order valence-electron chi connectivity index (χ3n) is 4.79. The number of hydrogen-bond donors (Lipinski definition) is 1. The quantitative estimate of drug-likeness (QED) is 0.683. The lowest BCUT2D eigenvalue weighted by Gasteiger charge is -2.26. The molecule has 1 amide bonds. The van der Waals surface area contributed by atoms with E-state index in [1.54, 1.807) is 32.0 Å². The number of nitrogens with one attached hydrogen (secondary N) is 1. The van der Waals surface area contributed by atoms with E-state index in [1.807, 2.05) is 0 Å². The van der Waals surface area contributed by atoms with E-state index in [-0.39, 0.29) is 18.9 Å². The van der Waals surface area contributed by atoms with Crippen molar-refractivity contribution >= 4 is 5.91 Å². The maximum absolute atomic E-state index is 13.0. The smallest absolute Gasteiger partial charge is 0.416 e. The molecule has 0 aromatic heterocycles. The molecule has 164 valence electrons. The molecule has 30 heavy (non-hydrogen) atoms. The van der Waals surface area contributed by atoms with Crippen molar-refractivity contribution in [3.63, 3.8) is 0 Å². The minimum Gasteiger partial charge on any atom is -0.493 e. The molecule has 0 atom stereocenters. The molecule has 0 aliphatic carbocycles. The van der Waals surface area contributed by atoms with Crippen LogP contribution < -0.4 is 19.5 Å². The number of hydrogen-bond acceptors (Lipinski definition) is 4. The Kier molecular flexibility index (Phi) is 7.23. The van der Waals surface area contributed by atoms with Crippen LogP contribution in [0, 0.1) is 0 Å². The summed E-state index contributed by atoms with van der Waals surface area (Å²) in [6.07, 6.45) is -4.36. The summed E-state index contributed by atoms with van der Waals surface area (Å²) in [7, 11) is 4.46. The minimum absolute atomic E-state index is 0.0510. The standard InChI is InChI=1S/C22H26F3NO4/c1-21(2,15-7-6-8-16(12-15)22(23,24)25)13-26-19(27)11-14-9-17(28-3)20(30-5)18(10-14)29-4/h6-10,12H,11,13H2,1-5H3,(H,26,27). The van der Waals surface area contributed by atoms with Gasteiger partial charge in [-0.25, -0.2) is 0 Å². The van der Waals surface area contributed by atoms with Gasteiger partial charge in [-0.1, -0.05) is 32.0 Å². The van der Waals surface area contributed by atoms with Crippen molar-refractivity contribution in [2.24, 2.45) is 0 Å². The molecule has 1 N–H and O–H groups in total. The lowest BCUT2D eigenvalue weighted by Crippen LogP contribution is -2.37. The molecular weight excluding hydrogens is 399 g/mol. The van der Waals surface area contributed by atoms with Gasteiger partial charge in [0.2, 0.25) is 11.7 Å². The Balaban J connectivity index is 2.10. The van der Waals surface area contributed by atoms with E-state index in [9.17, 15) is 18.0 Å². The fraction of sp³-hybridized carbons (Fsp3) is 0.409. The second kappa shape index (κ2) is 9.28. The molecular formula is C22H26F3NO4. The van der Waals surface area contributed by atoms with E-state index in [2.05, 4.69) is 5.32 Å². The average Bonchev–Trinajstić information content (AvgIpc) is 2.71. The molecule has 2 aromatic carbocycles. The summed E-state index contributed by atoms with van der Waals surface area (Å²) < 4.78 is 54.8. The number of carbonyl (C=O) groups excluding carboxylic acids is 1. The fourth-order valence-electron chi connectivity index (χ4n) is 3.02. The number of amides is 1. The Morgan fingerprint density at radius 3 is 2.00 bits per heavy atom. The van der Waals surface area contributed by atoms with Gasteiger partial charge in [-0.2, -0.15) is 13.2 Å². The van der Waals surface area contributed by atoms with Crippen LogP contribution in [0.4, 0.5) is 13.2 Å². The SMILES string of the molecule is COc1cc(CC(=O)NCC(C)(C)c2cccc(C(F)(F)F)c2)cc(OC)c1OC. The van der Waals surface area contributed by atoms with Gasteiger partial charge < -0.3 is 19.5 Å². The maximum atomic E-state index is 13.0. The van der Waals surface area contributed by atoms with Crippen LogP contribution in [-0.2, 0) is 22.8 Å². The van der Waals surface area contributed by atoms with Crippen LogP contribution in [0.2, 0.25) is 0 Å². The summed E-state index contributed by atoms with van der Waals surface area (Å²) in [5.41, 5.74) is -0.257. The van der Waals surface area contributed by atoms with Crippen LogP contribution in [0.1, 0.15) is 30.5 Å². The first-order chi connectivity index (χ1) is 14.0. The molecule has 8 heteroatoms. The van der Waals surface area contributed by atoms with E-state index < -0.39 is 17.2 Å². The fourth-order valence-corrected chi connectivity index (χ4v) is 3.02. The zero-order chi connectivity index (χ0) is 22.5. The van der Waals surface area contributed by atoms with Crippen molar-refractivity contribution in [3.8, 4) is 17.2 Å². The monoisotopic (exact) mass is 425 g/mol. The lowest BCUT2D eigenvalue weighted by atomic mass is 9.83. The van der Waals surface area contributed by atoms with Gasteiger partial charge in [0.15, 0.2) is 11.5 Å². The Morgan fingerprint density at radius 1 is 0.933 bits per heavy atom. The second-order valence-electron chi connectivity index (χ2n) is 7.45. The van der Waals surface area contributed by atoms with E-state index in [0.29, 0.717) is 28.4 Å². The van der Waals surface area contributed by atoms with E-state index in [1.165, 1.54) is 27.4 Å². The van der Waals surface area contributed by atoms with Crippen LogP contribution in [-0.4, -0.2) is 33.8 Å². The number of halogens is 3. The predicted octanol–water partition coefficient (Wildman–Crippen LogP) is 4.37. The molecule has 0 aliphatic heterocycles. The summed E-state index contributed by atoms with van der Waals surface area (Å²) in [5, 5.41) is 2.80. The van der Waals surface area contributed by atoms with Gasteiger partial charge in [0.05, 0.1) is 33.3 Å². The average molecular weight is 425 g/mol. The highest BCUT2D eigenvalue weighted by atomic mass is 19.4. The number of ether oxygens (including phenoxy) is 3. The first kappa shape index (κ1) is 23.4. The van der Waals surface area contributed by atoms with Crippen molar-refractivity contribution in [1.29, 1.82) is 0 Å². The van der Waals surface area contributed by atoms with Crippen molar-refractivity contribution in [1.82, 2.24) is 5.32 Å². The van der Waals surface area contributed by atoms with Crippen LogP contribution >= 0.6 is 0 Å². The largest absolute Gasteiger partial charge is 0.493 e. The summed E-state index contributed by atoms with van der Waals surface area (Å²) in [4.78, 5) is 12.5. The summed E-state index contributed by atoms with van der Waals surface area (Å²) in [6.45, 7) is 3.74. The van der Waals surface area contributed by atoms with Crippen LogP contribution in [0.25, 0.3) is 0 Å². The summed E-state index contributed by atoms with van der Waals surface area (Å²) >= 11 is 0. The molecule has 0 bridgehead atoms. The molecule has 0 aliphatic rings. The minimum atomic E-state index is -4.41. The van der Waals surface area contributed by atoms with Crippen molar-refractivity contribution < 1.29 is 32.2 Å². The molecule has 0 spiro atoms. The van der Waals surface area contributed by atoms with Gasteiger partial charge in [-0.05, 0) is 29.3 Å². The molecule has 0 radical (unpaired) electrons. The predicted molar refractivity (Wildman–Crippen MR) is 107 cm³/mol. The van der Waals surface area contributed by atoms with Gasteiger partial charge in [-0.3, -0.25) is 4.79 Å². The number of carbonyl (C=O) groups is 1. The molecule has 0 saturated heterocycles. The third-order valence-corrected chi connectivity index (χ3v) is 4.79. The summed E-state index contributed by atoms with van der Waals surface area (Å²) in [5.74, 6) is 1.02. The van der Waals surface area contributed by atoms with E-state index in [4.69, 9.17) is 14.2 Å². The first-order valence-electron chi connectivity index (χ1n) is 9.25. The van der Waals surface area contributed by atoms with Gasteiger partial charge in [0.25, 0.3) is 0 Å². The highest BCUT2D eigenvalue weighted by molar-refractivity contribution is 5.79. The number of methoxy groups -OCH3 is 3. The Labute approximate surface area is 174 Å². The van der Waals surface area contributed by atoms with E-state index >= 15 is 0 Å². The number of rotatable bonds is 8. The molecule has 2 rings (SSSR count). The topological polar surface area (TPSA) is 56.8 Å². The van der Waals surface area contributed by atoms with Gasteiger partial charge >= 0.3 is 6.18 Å². The molecule has 5 nitrogen and oxygen atoms in total. The number of alkyl halides is 3. The van der Waals surface area contributed by atoms with Crippen LogP contribution in [0.3, 0.4) is 0 Å². The lowest BCUT2D eigenvalue weighted by molar-refractivity contribution is -0.137. The molecule has 0 unspecified atom stereocenters. The zero-order valence-corrected chi connectivity index (χ0v) is 17.6. The zero-order valence-electron chi connectivity index (χ0n) is 17.6. The number of benzene rings is 2. The van der Waals surface area contributed by atoms with Crippen LogP contribution in [0.15, 0.2) is 36.4 Å². The van der Waals surface area contributed by atoms with Gasteiger partial charge in [0, 0.05) is 12.0 Å². The normalized spacial score (nSPS) is 11.7. The Morgan fingerprint density at radius 2 is 1.50 bits per heavy atom. The highest BCUT2D eigenvalue weighted by Crippen LogP contribution is 2.38. The van der Waals surface area contributed by atoms with Crippen molar-refractivity contribution in [3.05, 3.63) is 53.1 Å². The van der Waals surface area contributed by atoms with Crippen molar-refractivity contribution in [2.75, 3.05) is 27.9 Å². The molecule has 0 saturated carbocycles.